The van der Waals surface area contributed by atoms with Gasteiger partial charge in [0.15, 0.2) is 0 Å². The third kappa shape index (κ3) is 5.72. The van der Waals surface area contributed by atoms with Gasteiger partial charge in [-0.1, -0.05) is 36.4 Å². The van der Waals surface area contributed by atoms with Crippen molar-refractivity contribution in [2.24, 2.45) is 5.92 Å². The summed E-state index contributed by atoms with van der Waals surface area (Å²) in [5, 5.41) is 10.9. The number of alkyl halides is 3. The molecule has 1 fully saturated rings. The van der Waals surface area contributed by atoms with Crippen molar-refractivity contribution in [3.63, 3.8) is 0 Å². The van der Waals surface area contributed by atoms with Crippen molar-refractivity contribution < 1.29 is 32.0 Å². The maximum absolute atomic E-state index is 13.5. The van der Waals surface area contributed by atoms with Crippen molar-refractivity contribution >= 4 is 23.4 Å². The number of nitrogens with one attached hydrogen (secondary N) is 1. The maximum atomic E-state index is 13.5. The van der Waals surface area contributed by atoms with E-state index >= 15 is 0 Å². The SMILES string of the molecule is O=C(NCc1nnc(-c2ccccc2)o1)C1CCCN(c2cccc3c2C(=O)N(Cc2cccc(C(F)(F)F)c2)C3=O)C1. The fourth-order valence-corrected chi connectivity index (χ4v) is 5.49. The summed E-state index contributed by atoms with van der Waals surface area (Å²) in [5.74, 6) is -1.12. The van der Waals surface area contributed by atoms with Crippen LogP contribution in [0.1, 0.15) is 50.6 Å². The summed E-state index contributed by atoms with van der Waals surface area (Å²) in [5.41, 5.74) is 1.01. The molecular weight excluding hydrogens is 563 g/mol. The number of carbonyl (C=O) groups is 3. The van der Waals surface area contributed by atoms with E-state index in [-0.39, 0.29) is 41.6 Å². The van der Waals surface area contributed by atoms with Crippen LogP contribution in [0.2, 0.25) is 0 Å². The summed E-state index contributed by atoms with van der Waals surface area (Å²) in [4.78, 5) is 42.6. The normalized spacial score (nSPS) is 16.9. The average Bonchev–Trinajstić information content (AvgIpc) is 3.59. The lowest BCUT2D eigenvalue weighted by atomic mass is 9.95. The lowest BCUT2D eigenvalue weighted by Crippen LogP contribution is -2.43. The zero-order valence-corrected chi connectivity index (χ0v) is 22.8. The van der Waals surface area contributed by atoms with E-state index in [1.54, 1.807) is 12.1 Å². The van der Waals surface area contributed by atoms with Crippen molar-refractivity contribution in [1.29, 1.82) is 0 Å². The van der Waals surface area contributed by atoms with E-state index in [2.05, 4.69) is 15.5 Å². The predicted molar refractivity (Wildman–Crippen MR) is 149 cm³/mol. The molecule has 0 spiro atoms. The van der Waals surface area contributed by atoms with Crippen molar-refractivity contribution in [3.05, 3.63) is 101 Å². The van der Waals surface area contributed by atoms with Crippen LogP contribution in [-0.4, -0.2) is 45.9 Å². The number of anilines is 1. The van der Waals surface area contributed by atoms with Crippen LogP contribution in [-0.2, 0) is 24.1 Å². The number of imide groups is 1. The molecule has 0 aliphatic carbocycles. The van der Waals surface area contributed by atoms with Gasteiger partial charge in [-0.3, -0.25) is 19.3 Å². The van der Waals surface area contributed by atoms with Gasteiger partial charge in [-0.2, -0.15) is 13.2 Å². The van der Waals surface area contributed by atoms with Gasteiger partial charge in [0.1, 0.15) is 0 Å². The van der Waals surface area contributed by atoms with Gasteiger partial charge in [0.2, 0.25) is 17.7 Å². The first-order valence-electron chi connectivity index (χ1n) is 13.7. The van der Waals surface area contributed by atoms with E-state index in [4.69, 9.17) is 4.42 Å². The first-order valence-corrected chi connectivity index (χ1v) is 13.7. The van der Waals surface area contributed by atoms with E-state index in [0.29, 0.717) is 37.5 Å². The topological polar surface area (TPSA) is 109 Å². The van der Waals surface area contributed by atoms with Crippen molar-refractivity contribution in [3.8, 4) is 11.5 Å². The molecule has 1 N–H and O–H groups in total. The minimum Gasteiger partial charge on any atom is -0.419 e. The van der Waals surface area contributed by atoms with E-state index in [0.717, 1.165) is 22.6 Å². The molecule has 4 aromatic rings. The van der Waals surface area contributed by atoms with E-state index < -0.39 is 29.5 Å². The molecule has 2 aliphatic rings. The summed E-state index contributed by atoms with van der Waals surface area (Å²) < 4.78 is 45.3. The molecule has 0 radical (unpaired) electrons. The number of hydrogen-bond acceptors (Lipinski definition) is 7. The lowest BCUT2D eigenvalue weighted by Gasteiger charge is -2.34. The quantitative estimate of drug-likeness (QED) is 0.300. The molecule has 43 heavy (non-hydrogen) atoms. The van der Waals surface area contributed by atoms with Crippen molar-refractivity contribution in [2.45, 2.75) is 32.1 Å². The standard InChI is InChI=1S/C31H26F3N5O4/c32-31(33,34)22-11-4-7-19(15-22)17-39-29(41)23-12-5-13-24(26(23)30(39)42)38-14-6-10-21(18-38)27(40)35-16-25-36-37-28(43-25)20-8-2-1-3-9-20/h1-5,7-9,11-13,15,21H,6,10,14,16-18H2,(H,35,40). The second-order valence-corrected chi connectivity index (χ2v) is 10.5. The summed E-state index contributed by atoms with van der Waals surface area (Å²) in [6, 6.07) is 18.8. The molecule has 12 heteroatoms. The van der Waals surface area contributed by atoms with Gasteiger partial charge >= 0.3 is 6.18 Å². The minimum atomic E-state index is -4.54. The molecule has 3 aromatic carbocycles. The Morgan fingerprint density at radius 2 is 1.77 bits per heavy atom. The summed E-state index contributed by atoms with van der Waals surface area (Å²) in [6.45, 7) is 0.658. The molecule has 3 amide bonds. The first-order chi connectivity index (χ1) is 20.7. The Kier molecular flexibility index (Phi) is 7.43. The van der Waals surface area contributed by atoms with Gasteiger partial charge in [-0.15, -0.1) is 10.2 Å². The molecule has 1 aromatic heterocycles. The molecule has 1 atom stereocenters. The highest BCUT2D eigenvalue weighted by molar-refractivity contribution is 6.23. The van der Waals surface area contributed by atoms with Gasteiger partial charge in [0.25, 0.3) is 11.8 Å². The highest BCUT2D eigenvalue weighted by Crippen LogP contribution is 2.35. The Bertz CT molecular complexity index is 1690. The third-order valence-electron chi connectivity index (χ3n) is 7.61. The lowest BCUT2D eigenvalue weighted by molar-refractivity contribution is -0.137. The van der Waals surface area contributed by atoms with E-state index in [1.165, 1.54) is 18.2 Å². The Hall–Kier alpha value is -5.00. The van der Waals surface area contributed by atoms with E-state index in [9.17, 15) is 27.6 Å². The number of amides is 3. The molecular formula is C31H26F3N5O4. The summed E-state index contributed by atoms with van der Waals surface area (Å²) in [6.07, 6.45) is -3.24. The van der Waals surface area contributed by atoms with Crippen LogP contribution in [0, 0.1) is 5.92 Å². The molecule has 0 saturated carbocycles. The first kappa shape index (κ1) is 28.1. The molecule has 6 rings (SSSR count). The molecule has 1 unspecified atom stereocenters. The monoisotopic (exact) mass is 589 g/mol. The predicted octanol–water partition coefficient (Wildman–Crippen LogP) is 5.08. The van der Waals surface area contributed by atoms with E-state index in [1.807, 2.05) is 35.2 Å². The maximum Gasteiger partial charge on any atom is 0.416 e. The average molecular weight is 590 g/mol. The van der Waals surface area contributed by atoms with Gasteiger partial charge in [0, 0.05) is 18.7 Å². The van der Waals surface area contributed by atoms with Gasteiger partial charge in [-0.25, -0.2) is 0 Å². The Morgan fingerprint density at radius 1 is 0.977 bits per heavy atom. The number of benzene rings is 3. The zero-order chi connectivity index (χ0) is 30.1. The van der Waals surface area contributed by atoms with Crippen LogP contribution in [0.4, 0.5) is 18.9 Å². The van der Waals surface area contributed by atoms with Gasteiger partial charge < -0.3 is 14.6 Å². The highest BCUT2D eigenvalue weighted by Gasteiger charge is 2.40. The molecule has 1 saturated heterocycles. The highest BCUT2D eigenvalue weighted by atomic mass is 19.4. The Labute approximate surface area is 244 Å². The zero-order valence-electron chi connectivity index (χ0n) is 22.8. The number of carbonyl (C=O) groups excluding carboxylic acids is 3. The van der Waals surface area contributed by atoms with Gasteiger partial charge in [-0.05, 0) is 54.8 Å². The number of halogens is 3. The fraction of sp³-hybridized carbons (Fsp3) is 0.258. The van der Waals surface area contributed by atoms with Crippen LogP contribution in [0.15, 0.2) is 77.2 Å². The third-order valence-corrected chi connectivity index (χ3v) is 7.61. The number of rotatable bonds is 7. The number of fused-ring (bicyclic) bond motifs is 1. The molecule has 9 nitrogen and oxygen atoms in total. The van der Waals surface area contributed by atoms with Gasteiger partial charge in [0.05, 0.1) is 41.4 Å². The number of piperidine rings is 1. The molecule has 2 aliphatic heterocycles. The summed E-state index contributed by atoms with van der Waals surface area (Å²) in [7, 11) is 0. The van der Waals surface area contributed by atoms with Crippen LogP contribution < -0.4 is 10.2 Å². The second kappa shape index (κ2) is 11.3. The van der Waals surface area contributed by atoms with Crippen molar-refractivity contribution in [1.82, 2.24) is 20.4 Å². The van der Waals surface area contributed by atoms with Crippen LogP contribution >= 0.6 is 0 Å². The molecule has 0 bridgehead atoms. The second-order valence-electron chi connectivity index (χ2n) is 10.5. The van der Waals surface area contributed by atoms with Crippen LogP contribution in [0.5, 0.6) is 0 Å². The largest absolute Gasteiger partial charge is 0.419 e. The summed E-state index contributed by atoms with van der Waals surface area (Å²) >= 11 is 0. The number of hydrogen-bond donors (Lipinski definition) is 1. The number of nitrogens with zero attached hydrogens (tertiary/aromatic N) is 4. The van der Waals surface area contributed by atoms with Crippen LogP contribution in [0.3, 0.4) is 0 Å². The smallest absolute Gasteiger partial charge is 0.416 e. The molecule has 3 heterocycles. The Morgan fingerprint density at radius 3 is 2.56 bits per heavy atom. The number of aromatic nitrogens is 2. The fourth-order valence-electron chi connectivity index (χ4n) is 5.49. The van der Waals surface area contributed by atoms with Crippen LogP contribution in [0.25, 0.3) is 11.5 Å². The van der Waals surface area contributed by atoms with Crippen molar-refractivity contribution in [2.75, 3.05) is 18.0 Å². The Balaban J connectivity index is 1.14. The molecule has 220 valence electrons. The minimum absolute atomic E-state index is 0.0629.